The zero-order valence-electron chi connectivity index (χ0n) is 18.7. The number of nitrogens with one attached hydrogen (secondary N) is 1. The summed E-state index contributed by atoms with van der Waals surface area (Å²) < 4.78 is 9.09. The lowest BCUT2D eigenvalue weighted by Gasteiger charge is -2.14. The van der Waals surface area contributed by atoms with E-state index in [1.54, 1.807) is 31.2 Å². The maximum absolute atomic E-state index is 12.7. The molecule has 0 fully saturated rings. The number of ether oxygens (including phenoxy) is 1. The molecule has 5 aromatic rings. The van der Waals surface area contributed by atoms with Gasteiger partial charge in [-0.3, -0.25) is 4.79 Å². The number of carbonyl (C=O) groups is 2. The van der Waals surface area contributed by atoms with Crippen LogP contribution in [0.3, 0.4) is 0 Å². The minimum atomic E-state index is -0.973. The van der Waals surface area contributed by atoms with Gasteiger partial charge >= 0.3 is 5.97 Å². The highest BCUT2D eigenvalue weighted by molar-refractivity contribution is 6.10. The van der Waals surface area contributed by atoms with Gasteiger partial charge in [0.15, 0.2) is 6.10 Å². The average Bonchev–Trinajstić information content (AvgIpc) is 3.50. The third-order valence-electron chi connectivity index (χ3n) is 5.73. The number of anilines is 1. The molecule has 170 valence electrons. The number of rotatable bonds is 6. The van der Waals surface area contributed by atoms with Crippen molar-refractivity contribution >= 4 is 39.4 Å². The monoisotopic (exact) mass is 454 g/mol. The van der Waals surface area contributed by atoms with Crippen LogP contribution in [0.4, 0.5) is 5.69 Å². The van der Waals surface area contributed by atoms with E-state index >= 15 is 0 Å². The smallest absolute Gasteiger partial charge is 0.338 e. The number of hydrogen-bond acceptors (Lipinski definition) is 6. The molecule has 1 amide bonds. The van der Waals surface area contributed by atoms with Gasteiger partial charge in [0.05, 0.1) is 11.3 Å². The van der Waals surface area contributed by atoms with Gasteiger partial charge < -0.3 is 14.6 Å². The summed E-state index contributed by atoms with van der Waals surface area (Å²) in [6.07, 6.45) is 0.483. The highest BCUT2D eigenvalue weighted by atomic mass is 16.5. The third kappa shape index (κ3) is 3.88. The Balaban J connectivity index is 1.29. The summed E-state index contributed by atoms with van der Waals surface area (Å²) in [6.45, 7) is 4.50. The molecule has 3 aromatic carbocycles. The fraction of sp³-hybridized carbons (Fsp3) is 0.160. The van der Waals surface area contributed by atoms with Crippen LogP contribution < -0.4 is 5.32 Å². The predicted molar refractivity (Wildman–Crippen MR) is 128 cm³/mol. The number of fused-ring (bicyclic) bond motifs is 3. The Labute approximate surface area is 194 Å². The molecule has 0 bridgehead atoms. The summed E-state index contributed by atoms with van der Waals surface area (Å²) in [5, 5.41) is 16.0. The first-order chi connectivity index (χ1) is 16.5. The first kappa shape index (κ1) is 21.3. The SMILES string of the molecule is CCn1c2ccccc2c2cc(NC(=O)[C@H](C)OC(=O)c3ccc(-n4cnnn4)cc3)ccc21. The molecule has 0 saturated carbocycles. The van der Waals surface area contributed by atoms with Crippen molar-refractivity contribution in [1.82, 2.24) is 24.8 Å². The van der Waals surface area contributed by atoms with Crippen LogP contribution in [0.1, 0.15) is 24.2 Å². The van der Waals surface area contributed by atoms with Gasteiger partial charge in [-0.15, -0.1) is 5.10 Å². The second kappa shape index (κ2) is 8.78. The van der Waals surface area contributed by atoms with Crippen molar-refractivity contribution in [3.63, 3.8) is 0 Å². The lowest BCUT2D eigenvalue weighted by Crippen LogP contribution is -2.30. The Morgan fingerprint density at radius 2 is 1.76 bits per heavy atom. The largest absolute Gasteiger partial charge is 0.449 e. The number of nitrogens with zero attached hydrogens (tertiary/aromatic N) is 5. The first-order valence-electron chi connectivity index (χ1n) is 10.9. The van der Waals surface area contributed by atoms with Crippen LogP contribution in [0, 0.1) is 0 Å². The zero-order valence-corrected chi connectivity index (χ0v) is 18.7. The molecule has 9 nitrogen and oxygen atoms in total. The fourth-order valence-electron chi connectivity index (χ4n) is 4.03. The minimum absolute atomic E-state index is 0.324. The maximum Gasteiger partial charge on any atom is 0.338 e. The quantitative estimate of drug-likeness (QED) is 0.389. The topological polar surface area (TPSA) is 104 Å². The molecule has 0 aliphatic rings. The highest BCUT2D eigenvalue weighted by Crippen LogP contribution is 2.31. The van der Waals surface area contributed by atoms with E-state index in [1.165, 1.54) is 11.0 Å². The van der Waals surface area contributed by atoms with Gasteiger partial charge in [0, 0.05) is 34.0 Å². The highest BCUT2D eigenvalue weighted by Gasteiger charge is 2.20. The Hall–Kier alpha value is -4.53. The molecule has 1 atom stereocenters. The molecule has 0 unspecified atom stereocenters. The lowest BCUT2D eigenvalue weighted by molar-refractivity contribution is -0.123. The van der Waals surface area contributed by atoms with Crippen LogP contribution in [0.15, 0.2) is 73.1 Å². The summed E-state index contributed by atoms with van der Waals surface area (Å²) >= 11 is 0. The molecule has 9 heteroatoms. The average molecular weight is 454 g/mol. The molecule has 0 aliphatic heterocycles. The molecule has 34 heavy (non-hydrogen) atoms. The van der Waals surface area contributed by atoms with Gasteiger partial charge in [0.1, 0.15) is 6.33 Å². The maximum atomic E-state index is 12.7. The molecule has 2 heterocycles. The Kier molecular flexibility index (Phi) is 5.51. The van der Waals surface area contributed by atoms with Crippen molar-refractivity contribution in [1.29, 1.82) is 0 Å². The van der Waals surface area contributed by atoms with Crippen LogP contribution in [0.2, 0.25) is 0 Å². The second-order valence-corrected chi connectivity index (χ2v) is 7.83. The Bertz CT molecular complexity index is 1490. The van der Waals surface area contributed by atoms with E-state index in [1.807, 2.05) is 30.3 Å². The summed E-state index contributed by atoms with van der Waals surface area (Å²) in [5.41, 5.74) is 3.92. The molecule has 2 aromatic heterocycles. The van der Waals surface area contributed by atoms with Gasteiger partial charge in [0.25, 0.3) is 5.91 Å². The molecular formula is C25H22N6O3. The molecular weight excluding hydrogens is 432 g/mol. The van der Waals surface area contributed by atoms with Crippen molar-refractivity contribution in [3.05, 3.63) is 78.6 Å². The van der Waals surface area contributed by atoms with Gasteiger partial charge in [0.2, 0.25) is 0 Å². The third-order valence-corrected chi connectivity index (χ3v) is 5.73. The number of aromatic nitrogens is 5. The van der Waals surface area contributed by atoms with Crippen molar-refractivity contribution in [2.45, 2.75) is 26.5 Å². The molecule has 0 radical (unpaired) electrons. The van der Waals surface area contributed by atoms with Gasteiger partial charge in [-0.25, -0.2) is 9.48 Å². The summed E-state index contributed by atoms with van der Waals surface area (Å²) in [6, 6.07) is 20.6. The van der Waals surface area contributed by atoms with Crippen molar-refractivity contribution in [3.8, 4) is 5.69 Å². The van der Waals surface area contributed by atoms with Gasteiger partial charge in [-0.05, 0) is 72.8 Å². The minimum Gasteiger partial charge on any atom is -0.449 e. The van der Waals surface area contributed by atoms with E-state index in [9.17, 15) is 9.59 Å². The van der Waals surface area contributed by atoms with E-state index in [0.29, 0.717) is 16.9 Å². The Morgan fingerprint density at radius 1 is 1.00 bits per heavy atom. The summed E-state index contributed by atoms with van der Waals surface area (Å²) in [4.78, 5) is 25.2. The number of hydrogen-bond donors (Lipinski definition) is 1. The van der Waals surface area contributed by atoms with E-state index in [0.717, 1.165) is 28.4 Å². The van der Waals surface area contributed by atoms with E-state index < -0.39 is 18.0 Å². The van der Waals surface area contributed by atoms with E-state index in [2.05, 4.69) is 44.5 Å². The van der Waals surface area contributed by atoms with Crippen LogP contribution >= 0.6 is 0 Å². The zero-order chi connectivity index (χ0) is 23.7. The van der Waals surface area contributed by atoms with Gasteiger partial charge in [-0.2, -0.15) is 0 Å². The number of carbonyl (C=O) groups excluding carboxylic acids is 2. The number of amides is 1. The number of aryl methyl sites for hydroxylation is 1. The van der Waals surface area contributed by atoms with E-state index in [-0.39, 0.29) is 0 Å². The Morgan fingerprint density at radius 3 is 2.50 bits per heavy atom. The van der Waals surface area contributed by atoms with Crippen molar-refractivity contribution in [2.24, 2.45) is 0 Å². The molecule has 0 spiro atoms. The van der Waals surface area contributed by atoms with Crippen LogP contribution in [0.25, 0.3) is 27.5 Å². The summed E-state index contributed by atoms with van der Waals surface area (Å²) in [5.74, 6) is -0.996. The molecule has 0 saturated heterocycles. The number of benzene rings is 3. The molecule has 5 rings (SSSR count). The molecule has 1 N–H and O–H groups in total. The first-order valence-corrected chi connectivity index (χ1v) is 10.9. The lowest BCUT2D eigenvalue weighted by atomic mass is 10.1. The number of esters is 1. The van der Waals surface area contributed by atoms with Crippen molar-refractivity contribution in [2.75, 3.05) is 5.32 Å². The number of para-hydroxylation sites is 1. The standard InChI is InChI=1S/C25H22N6O3/c1-3-30-22-7-5-4-6-20(22)21-14-18(10-13-23(21)30)27-24(32)16(2)34-25(33)17-8-11-19(12-9-17)31-15-26-28-29-31/h4-16H,3H2,1-2H3,(H,27,32)/t16-/m0/s1. The second-order valence-electron chi connectivity index (χ2n) is 7.83. The predicted octanol–water partition coefficient (Wildman–Crippen LogP) is 3.97. The van der Waals surface area contributed by atoms with Crippen molar-refractivity contribution < 1.29 is 14.3 Å². The van der Waals surface area contributed by atoms with E-state index in [4.69, 9.17) is 4.74 Å². The molecule has 0 aliphatic carbocycles. The normalized spacial score (nSPS) is 12.1. The van der Waals surface area contributed by atoms with Crippen LogP contribution in [-0.4, -0.2) is 42.8 Å². The number of tetrazole rings is 1. The van der Waals surface area contributed by atoms with Crippen LogP contribution in [0.5, 0.6) is 0 Å². The summed E-state index contributed by atoms with van der Waals surface area (Å²) in [7, 11) is 0. The fourth-order valence-corrected chi connectivity index (χ4v) is 4.03. The van der Waals surface area contributed by atoms with Gasteiger partial charge in [-0.1, -0.05) is 18.2 Å². The van der Waals surface area contributed by atoms with Crippen LogP contribution in [-0.2, 0) is 16.1 Å².